The first-order valence-electron chi connectivity index (χ1n) is 16.8. The highest BCUT2D eigenvalue weighted by Gasteiger charge is 2.17. The first-order chi connectivity index (χ1) is 24.7. The van der Waals surface area contributed by atoms with Crippen molar-refractivity contribution in [1.82, 2.24) is 0 Å². The lowest BCUT2D eigenvalue weighted by Gasteiger charge is -2.26. The Kier molecular flexibility index (Phi) is 6.23. The fraction of sp³-hybridized carbons (Fsp3) is 0. The van der Waals surface area contributed by atoms with Crippen LogP contribution in [0.2, 0.25) is 0 Å². The number of fused-ring (bicyclic) bond motifs is 10. The van der Waals surface area contributed by atoms with Crippen molar-refractivity contribution in [2.45, 2.75) is 0 Å². The minimum atomic E-state index is 1.14. The van der Waals surface area contributed by atoms with Crippen molar-refractivity contribution in [2.24, 2.45) is 0 Å². The molecule has 0 spiro atoms. The van der Waals surface area contributed by atoms with Gasteiger partial charge in [0.1, 0.15) is 0 Å². The highest BCUT2D eigenvalue weighted by molar-refractivity contribution is 7.26. The average molecular weight is 690 g/mol. The van der Waals surface area contributed by atoms with E-state index in [9.17, 15) is 0 Å². The van der Waals surface area contributed by atoms with E-state index in [-0.39, 0.29) is 0 Å². The number of rotatable bonds is 4. The van der Waals surface area contributed by atoms with Crippen LogP contribution in [0.1, 0.15) is 0 Å². The van der Waals surface area contributed by atoms with Crippen LogP contribution in [0.3, 0.4) is 0 Å². The fourth-order valence-electron chi connectivity index (χ4n) is 7.60. The fourth-order valence-corrected chi connectivity index (χ4v) is 11.0. The van der Waals surface area contributed by atoms with Gasteiger partial charge in [0.05, 0.1) is 0 Å². The Morgan fingerprint density at radius 2 is 0.780 bits per heavy atom. The van der Waals surface area contributed by atoms with Gasteiger partial charge in [-0.2, -0.15) is 0 Å². The van der Waals surface area contributed by atoms with Gasteiger partial charge in [0, 0.05) is 77.6 Å². The highest BCUT2D eigenvalue weighted by atomic mass is 32.1. The number of benzene rings is 8. The second kappa shape index (κ2) is 11.0. The molecule has 0 radical (unpaired) electrons. The summed E-state index contributed by atoms with van der Waals surface area (Å²) in [5, 5.41) is 10.5. The molecule has 0 amide bonds. The van der Waals surface area contributed by atoms with E-state index in [1.807, 2.05) is 34.0 Å². The average Bonchev–Trinajstić information content (AvgIpc) is 3.84. The molecule has 4 heteroatoms. The van der Waals surface area contributed by atoms with Crippen LogP contribution in [-0.4, -0.2) is 0 Å². The second-order valence-electron chi connectivity index (χ2n) is 12.9. The van der Waals surface area contributed by atoms with Gasteiger partial charge < -0.3 is 4.90 Å². The lowest BCUT2D eigenvalue weighted by Crippen LogP contribution is -2.09. The van der Waals surface area contributed by atoms with Crippen LogP contribution in [0, 0.1) is 0 Å². The summed E-state index contributed by atoms with van der Waals surface area (Å²) in [5.41, 5.74) is 5.90. The van der Waals surface area contributed by atoms with E-state index in [1.165, 1.54) is 82.4 Å². The Bertz CT molecular complexity index is 3110. The lowest BCUT2D eigenvalue weighted by atomic mass is 9.99. The van der Waals surface area contributed by atoms with Gasteiger partial charge in [0.2, 0.25) is 0 Å². The zero-order valence-corrected chi connectivity index (χ0v) is 29.2. The van der Waals surface area contributed by atoms with Crippen molar-refractivity contribution in [2.75, 3.05) is 4.90 Å². The van der Waals surface area contributed by atoms with Gasteiger partial charge in [-0.1, -0.05) is 84.9 Å². The molecule has 0 unspecified atom stereocenters. The van der Waals surface area contributed by atoms with Crippen molar-refractivity contribution >= 4 is 122 Å². The molecule has 0 saturated carbocycles. The zero-order valence-electron chi connectivity index (χ0n) is 26.8. The van der Waals surface area contributed by atoms with Gasteiger partial charge in [0.15, 0.2) is 0 Å². The zero-order chi connectivity index (χ0) is 32.8. The SMILES string of the molecule is c1ccc2c(c1)sc1cc(N(c3ccc(-c4ccc5cc6sc7ccccc7c6cc5c4)cc3)c3ccc4sc5ccccc5c4c3)ccc12. The Hall–Kier alpha value is -5.52. The van der Waals surface area contributed by atoms with E-state index in [2.05, 4.69) is 169 Å². The summed E-state index contributed by atoms with van der Waals surface area (Å²) >= 11 is 5.61. The second-order valence-corrected chi connectivity index (χ2v) is 16.2. The highest BCUT2D eigenvalue weighted by Crippen LogP contribution is 2.44. The normalized spacial score (nSPS) is 12.0. The Labute approximate surface area is 300 Å². The molecule has 0 bridgehead atoms. The van der Waals surface area contributed by atoms with Gasteiger partial charge in [-0.15, -0.1) is 34.0 Å². The van der Waals surface area contributed by atoms with Crippen molar-refractivity contribution in [3.8, 4) is 11.1 Å². The number of anilines is 3. The molecule has 1 nitrogen and oxygen atoms in total. The number of nitrogens with zero attached hydrogens (tertiary/aromatic N) is 1. The van der Waals surface area contributed by atoms with E-state index >= 15 is 0 Å². The molecular weight excluding hydrogens is 663 g/mol. The van der Waals surface area contributed by atoms with Crippen LogP contribution in [0.5, 0.6) is 0 Å². The predicted molar refractivity (Wildman–Crippen MR) is 223 cm³/mol. The number of thiophene rings is 3. The molecule has 0 saturated heterocycles. The van der Waals surface area contributed by atoms with Gasteiger partial charge in [-0.25, -0.2) is 0 Å². The van der Waals surface area contributed by atoms with Crippen molar-refractivity contribution in [1.29, 1.82) is 0 Å². The van der Waals surface area contributed by atoms with E-state index in [0.717, 1.165) is 17.1 Å². The summed E-state index contributed by atoms with van der Waals surface area (Å²) in [6, 6.07) is 60.8. The molecule has 3 aromatic heterocycles. The van der Waals surface area contributed by atoms with E-state index in [0.29, 0.717) is 0 Å². The third kappa shape index (κ3) is 4.43. The first kappa shape index (κ1) is 28.3. The molecule has 0 atom stereocenters. The van der Waals surface area contributed by atoms with Crippen molar-refractivity contribution in [3.63, 3.8) is 0 Å². The molecule has 11 aromatic rings. The van der Waals surface area contributed by atoms with Crippen LogP contribution in [-0.2, 0) is 0 Å². The summed E-state index contributed by atoms with van der Waals surface area (Å²) in [4.78, 5) is 2.41. The Morgan fingerprint density at radius 3 is 1.50 bits per heavy atom. The quantitative estimate of drug-likeness (QED) is 0.178. The molecule has 234 valence electrons. The Morgan fingerprint density at radius 1 is 0.280 bits per heavy atom. The molecule has 11 rings (SSSR count). The third-order valence-electron chi connectivity index (χ3n) is 10.0. The van der Waals surface area contributed by atoms with Gasteiger partial charge in [-0.3, -0.25) is 0 Å². The monoisotopic (exact) mass is 689 g/mol. The van der Waals surface area contributed by atoms with Crippen molar-refractivity contribution < 1.29 is 0 Å². The van der Waals surface area contributed by atoms with Gasteiger partial charge >= 0.3 is 0 Å². The molecule has 0 fully saturated rings. The summed E-state index contributed by atoms with van der Waals surface area (Å²) in [5.74, 6) is 0. The number of hydrogen-bond donors (Lipinski definition) is 0. The topological polar surface area (TPSA) is 3.24 Å². The molecule has 3 heterocycles. The first-order valence-corrected chi connectivity index (χ1v) is 19.3. The maximum atomic E-state index is 2.41. The molecule has 0 aliphatic heterocycles. The molecule has 0 aliphatic rings. The molecule has 8 aromatic carbocycles. The number of hydrogen-bond acceptors (Lipinski definition) is 4. The maximum absolute atomic E-state index is 2.41. The van der Waals surface area contributed by atoms with Crippen LogP contribution < -0.4 is 4.90 Å². The predicted octanol–water partition coefficient (Wildman–Crippen LogP) is 15.1. The van der Waals surface area contributed by atoms with Crippen LogP contribution in [0.15, 0.2) is 164 Å². The molecule has 0 N–H and O–H groups in total. The maximum Gasteiger partial charge on any atom is 0.0476 e. The lowest BCUT2D eigenvalue weighted by molar-refractivity contribution is 1.30. The standard InChI is InChI=1S/C46H27NS3/c1-4-10-41-35(7-1)38-21-19-34(27-46(38)50-41)47(33-20-22-44-40(26-33)37-9-3-5-11-42(37)48-44)32-17-15-28(16-18-32)29-13-14-30-25-45-39(24-31(30)23-29)36-8-2-6-12-43(36)49-45/h1-27H. The van der Waals surface area contributed by atoms with Crippen LogP contribution >= 0.6 is 34.0 Å². The van der Waals surface area contributed by atoms with E-state index in [4.69, 9.17) is 0 Å². The smallest absolute Gasteiger partial charge is 0.0476 e. The molecular formula is C46H27NS3. The summed E-state index contributed by atoms with van der Waals surface area (Å²) in [7, 11) is 0. The summed E-state index contributed by atoms with van der Waals surface area (Å²) in [6.07, 6.45) is 0. The molecule has 50 heavy (non-hydrogen) atoms. The van der Waals surface area contributed by atoms with Gasteiger partial charge in [-0.05, 0) is 101 Å². The van der Waals surface area contributed by atoms with Crippen LogP contribution in [0.4, 0.5) is 17.1 Å². The largest absolute Gasteiger partial charge is 0.310 e. The van der Waals surface area contributed by atoms with Crippen molar-refractivity contribution in [3.05, 3.63) is 164 Å². The third-order valence-corrected chi connectivity index (χ3v) is 13.5. The minimum absolute atomic E-state index is 1.14. The van der Waals surface area contributed by atoms with E-state index in [1.54, 1.807) is 0 Å². The minimum Gasteiger partial charge on any atom is -0.310 e. The summed E-state index contributed by atoms with van der Waals surface area (Å²) in [6.45, 7) is 0. The van der Waals surface area contributed by atoms with Crippen LogP contribution in [0.25, 0.3) is 82.4 Å². The summed E-state index contributed by atoms with van der Waals surface area (Å²) < 4.78 is 7.95. The molecule has 0 aliphatic carbocycles. The van der Waals surface area contributed by atoms with Gasteiger partial charge in [0.25, 0.3) is 0 Å². The van der Waals surface area contributed by atoms with E-state index < -0.39 is 0 Å². The Balaban J connectivity index is 1.04.